The first-order valence-electron chi connectivity index (χ1n) is 2.27. The van der Waals surface area contributed by atoms with E-state index in [0.29, 0.717) is 0 Å². The van der Waals surface area contributed by atoms with E-state index in [0.717, 1.165) is 4.48 Å². The maximum absolute atomic E-state index is 8.52. The molecular weight excluding hydrogens is 146 g/mol. The minimum Gasteiger partial charge on any atom is -0.333 e. The minimum absolute atomic E-state index is 1.00. The van der Waals surface area contributed by atoms with Crippen molar-refractivity contribution in [3.63, 3.8) is 0 Å². The van der Waals surface area contributed by atoms with Crippen LogP contribution < -0.4 is 9.32 Å². The Balaban J connectivity index is 0. The summed E-state index contributed by atoms with van der Waals surface area (Å²) in [6.45, 7) is 0. The summed E-state index contributed by atoms with van der Waals surface area (Å²) in [7, 11) is 5.90. The van der Waals surface area contributed by atoms with E-state index < -0.39 is 10.8 Å². The lowest BCUT2D eigenvalue weighted by Gasteiger charge is -2.14. The molecule has 0 aromatic carbocycles. The van der Waals surface area contributed by atoms with E-state index >= 15 is 0 Å². The Bertz CT molecular complexity index is 52.6. The van der Waals surface area contributed by atoms with Crippen molar-refractivity contribution in [2.75, 3.05) is 28.2 Å². The van der Waals surface area contributed by atoms with Gasteiger partial charge in [0.15, 0.2) is 0 Å². The Labute approximate surface area is 58.3 Å². The van der Waals surface area contributed by atoms with Gasteiger partial charge in [-0.25, -0.2) is 0 Å². The van der Waals surface area contributed by atoms with Gasteiger partial charge in [0.1, 0.15) is 0 Å². The van der Waals surface area contributed by atoms with Crippen molar-refractivity contribution in [1.29, 1.82) is 0 Å². The van der Waals surface area contributed by atoms with Crippen LogP contribution in [0.4, 0.5) is 0 Å². The molecule has 0 radical (unpaired) electrons. The zero-order valence-corrected chi connectivity index (χ0v) is 6.84. The van der Waals surface area contributed by atoms with Gasteiger partial charge < -0.3 is 13.8 Å². The fourth-order valence-corrected chi connectivity index (χ4v) is 0. The van der Waals surface area contributed by atoms with Crippen molar-refractivity contribution in [2.45, 2.75) is 0 Å². The predicted octanol–water partition coefficient (Wildman–Crippen LogP) is -2.61. The molecule has 0 bridgehead atoms. The second-order valence-electron chi connectivity index (χ2n) is 2.88. The van der Waals surface area contributed by atoms with Crippen LogP contribution in [0.3, 0.4) is 0 Å². The molecule has 0 fully saturated rings. The van der Waals surface area contributed by atoms with Gasteiger partial charge in [0.2, 0.25) is 0 Å². The van der Waals surface area contributed by atoms with E-state index in [9.17, 15) is 0 Å². The Morgan fingerprint density at radius 3 is 1.11 bits per heavy atom. The van der Waals surface area contributed by atoms with Crippen LogP contribution in [0.15, 0.2) is 0 Å². The van der Waals surface area contributed by atoms with Crippen LogP contribution in [-0.2, 0) is 0 Å². The molecule has 0 rings (SSSR count). The highest BCUT2D eigenvalue weighted by molar-refractivity contribution is 3.87. The quantitative estimate of drug-likeness (QED) is 0.393. The zero-order chi connectivity index (χ0) is 8.08. The molecular formula is C4H13ClNO3+. The molecule has 58 valence electrons. The lowest BCUT2D eigenvalue weighted by molar-refractivity contribution is -1.63. The standard InChI is InChI=1S/C4H12N.ClHO3/c1-5(2,3)4;2-1(3)4/h1-4H3;2H/q+1;. The maximum atomic E-state index is 8.52. The zero-order valence-electron chi connectivity index (χ0n) is 6.09. The van der Waals surface area contributed by atoms with Gasteiger partial charge in [-0.05, 0) is 0 Å². The predicted molar refractivity (Wildman–Crippen MR) is 26.2 cm³/mol. The van der Waals surface area contributed by atoms with Gasteiger partial charge in [0.05, 0.1) is 28.2 Å². The number of halogens is 1. The Morgan fingerprint density at radius 2 is 1.11 bits per heavy atom. The van der Waals surface area contributed by atoms with Crippen LogP contribution in [0.25, 0.3) is 0 Å². The minimum atomic E-state index is -2.60. The average Bonchev–Trinajstić information content (AvgIpc) is 1.19. The third kappa shape index (κ3) is 18100. The van der Waals surface area contributed by atoms with Gasteiger partial charge >= 0.3 is 0 Å². The SMILES string of the molecule is C[N+](C)(C)C.[O-][Cl+2]([O-])O. The largest absolute Gasteiger partial charge is 0.333 e. The number of nitrogens with zero attached hydrogens (tertiary/aromatic N) is 1. The van der Waals surface area contributed by atoms with Crippen LogP contribution in [-0.4, -0.2) is 37.3 Å². The van der Waals surface area contributed by atoms with Crippen molar-refractivity contribution in [2.24, 2.45) is 0 Å². The van der Waals surface area contributed by atoms with Gasteiger partial charge in [0, 0.05) is 4.66 Å². The van der Waals surface area contributed by atoms with Gasteiger partial charge in [-0.15, -0.1) is 0 Å². The molecule has 0 aliphatic heterocycles. The molecule has 0 saturated carbocycles. The van der Waals surface area contributed by atoms with Crippen LogP contribution in [0.2, 0.25) is 0 Å². The molecule has 9 heavy (non-hydrogen) atoms. The first kappa shape index (κ1) is 11.9. The van der Waals surface area contributed by atoms with Gasteiger partial charge in [0.25, 0.3) is 10.8 Å². The molecule has 0 atom stereocenters. The molecule has 4 nitrogen and oxygen atoms in total. The molecule has 0 spiro atoms. The van der Waals surface area contributed by atoms with E-state index in [1.165, 1.54) is 0 Å². The van der Waals surface area contributed by atoms with E-state index in [1.807, 2.05) is 0 Å². The fourth-order valence-electron chi connectivity index (χ4n) is 0. The summed E-state index contributed by atoms with van der Waals surface area (Å²) in [6.07, 6.45) is 0. The van der Waals surface area contributed by atoms with Crippen molar-refractivity contribution >= 4 is 0 Å². The Kier molecular flexibility index (Phi) is 6.54. The first-order chi connectivity index (χ1) is 3.73. The normalized spacial score (nSPS) is 10.7. The summed E-state index contributed by atoms with van der Waals surface area (Å²) in [5, 5.41) is 0. The maximum Gasteiger partial charge on any atom is 0.282 e. The molecule has 0 aromatic heterocycles. The van der Waals surface area contributed by atoms with Crippen LogP contribution in [0.5, 0.6) is 0 Å². The smallest absolute Gasteiger partial charge is 0.282 e. The van der Waals surface area contributed by atoms with E-state index in [-0.39, 0.29) is 0 Å². The van der Waals surface area contributed by atoms with Crippen molar-refractivity contribution in [3.05, 3.63) is 0 Å². The fraction of sp³-hybridized carbons (Fsp3) is 1.00. The van der Waals surface area contributed by atoms with Crippen LogP contribution >= 0.6 is 0 Å². The summed E-state index contributed by atoms with van der Waals surface area (Å²) in [4.78, 5) is 0. The third-order valence-corrected chi connectivity index (χ3v) is 0. The molecule has 0 amide bonds. The lowest BCUT2D eigenvalue weighted by Crippen LogP contribution is -2.30. The van der Waals surface area contributed by atoms with E-state index in [2.05, 4.69) is 28.2 Å². The van der Waals surface area contributed by atoms with Gasteiger partial charge in [-0.2, -0.15) is 0 Å². The first-order valence-corrected chi connectivity index (χ1v) is 3.22. The summed E-state index contributed by atoms with van der Waals surface area (Å²) >= 11 is 0. The summed E-state index contributed by atoms with van der Waals surface area (Å²) in [5.74, 6) is 0. The molecule has 5 heteroatoms. The number of hydrogen-bond acceptors (Lipinski definition) is 3. The molecule has 0 saturated heterocycles. The second kappa shape index (κ2) is 4.96. The summed E-state index contributed by atoms with van der Waals surface area (Å²) in [6, 6.07) is 0. The second-order valence-corrected chi connectivity index (χ2v) is 3.29. The lowest BCUT2D eigenvalue weighted by atomic mass is 10.8. The highest BCUT2D eigenvalue weighted by Gasteiger charge is 1.88. The number of quaternary nitrogens is 1. The van der Waals surface area contributed by atoms with Gasteiger partial charge in [-0.1, -0.05) is 0 Å². The number of hydrogen-bond donors (Lipinski definition) is 1. The average molecular weight is 159 g/mol. The molecule has 0 unspecified atom stereocenters. The molecule has 0 aliphatic carbocycles. The highest BCUT2D eigenvalue weighted by Crippen LogP contribution is 1.73. The highest BCUT2D eigenvalue weighted by atomic mass is 35.6. The number of rotatable bonds is 0. The topological polar surface area (TPSA) is 66.3 Å². The molecule has 0 aromatic rings. The van der Waals surface area contributed by atoms with E-state index in [4.69, 9.17) is 14.0 Å². The van der Waals surface area contributed by atoms with Crippen LogP contribution in [0, 0.1) is 10.8 Å². The molecule has 1 N–H and O–H groups in total. The Morgan fingerprint density at radius 1 is 1.11 bits per heavy atom. The molecule has 0 heterocycles. The third-order valence-electron chi connectivity index (χ3n) is 0. The summed E-state index contributed by atoms with van der Waals surface area (Å²) < 4.78 is 25.0. The molecule has 0 aliphatic rings. The monoisotopic (exact) mass is 158 g/mol. The Hall–Kier alpha value is 0.130. The van der Waals surface area contributed by atoms with Crippen molar-refractivity contribution in [1.82, 2.24) is 0 Å². The van der Waals surface area contributed by atoms with Crippen molar-refractivity contribution < 1.29 is 29.2 Å². The van der Waals surface area contributed by atoms with Gasteiger partial charge in [-0.3, -0.25) is 0 Å². The van der Waals surface area contributed by atoms with E-state index in [1.54, 1.807) is 0 Å². The van der Waals surface area contributed by atoms with Crippen molar-refractivity contribution in [3.8, 4) is 0 Å². The van der Waals surface area contributed by atoms with Crippen LogP contribution in [0.1, 0.15) is 0 Å². The summed E-state index contributed by atoms with van der Waals surface area (Å²) in [5.41, 5.74) is 0.